The summed E-state index contributed by atoms with van der Waals surface area (Å²) in [6.07, 6.45) is 0. The first-order valence-corrected chi connectivity index (χ1v) is 10.2. The van der Waals surface area contributed by atoms with E-state index >= 15 is 0 Å². The Morgan fingerprint density at radius 2 is 1.20 bits per heavy atom. The summed E-state index contributed by atoms with van der Waals surface area (Å²) in [6.45, 7) is 0. The molecule has 0 saturated heterocycles. The Bertz CT molecular complexity index is 759. The van der Waals surface area contributed by atoms with E-state index in [4.69, 9.17) is 12.7 Å². The van der Waals surface area contributed by atoms with Gasteiger partial charge in [-0.25, -0.2) is 0 Å². The summed E-state index contributed by atoms with van der Waals surface area (Å²) in [5.41, 5.74) is 1.35. The van der Waals surface area contributed by atoms with Crippen molar-refractivity contribution in [2.75, 3.05) is 0 Å². The van der Waals surface area contributed by atoms with Crippen molar-refractivity contribution < 1.29 is 24.9 Å². The van der Waals surface area contributed by atoms with Gasteiger partial charge in [-0.2, -0.15) is 0 Å². The second kappa shape index (κ2) is 5.20. The Morgan fingerprint density at radius 1 is 0.800 bits per heavy atom. The average molecular weight is 358 g/mol. The van der Waals surface area contributed by atoms with Gasteiger partial charge in [0.15, 0.2) is 0 Å². The molecule has 106 valence electrons. The molecular formula is C12H11AsO6S. The summed E-state index contributed by atoms with van der Waals surface area (Å²) in [4.78, 5) is -0.212. The molecule has 0 aliphatic carbocycles. The summed E-state index contributed by atoms with van der Waals surface area (Å²) in [7, 11) is -4.23. The van der Waals surface area contributed by atoms with Crippen molar-refractivity contribution in [2.24, 2.45) is 0 Å². The molecule has 0 aliphatic rings. The van der Waals surface area contributed by atoms with Crippen molar-refractivity contribution in [3.63, 3.8) is 0 Å². The average Bonchev–Trinajstić information content (AvgIpc) is 2.37. The fourth-order valence-corrected chi connectivity index (χ4v) is 3.28. The fraction of sp³-hybridized carbons (Fsp3) is 0. The van der Waals surface area contributed by atoms with Crippen molar-refractivity contribution in [2.45, 2.75) is 4.90 Å². The first-order chi connectivity index (χ1) is 9.18. The summed E-state index contributed by atoms with van der Waals surface area (Å²) >= 11 is -4.89. The predicted octanol–water partition coefficient (Wildman–Crippen LogP) is 0.161. The molecule has 0 unspecified atom stereocenters. The molecule has 0 atom stereocenters. The standard InChI is InChI=1S/C12H11AsO6S/c14-13(15,16)11-5-1-9(2-6-11)10-3-7-12(8-4-10)20(17,18)19/h1-8H,(H2,14,15,16)(H,17,18,19). The first-order valence-electron chi connectivity index (χ1n) is 5.42. The third-order valence-corrected chi connectivity index (χ3v) is 5.59. The molecular weight excluding hydrogens is 347 g/mol. The van der Waals surface area contributed by atoms with Crippen LogP contribution < -0.4 is 4.35 Å². The molecule has 0 radical (unpaired) electrons. The van der Waals surface area contributed by atoms with Gasteiger partial charge in [0, 0.05) is 0 Å². The summed E-state index contributed by atoms with van der Waals surface area (Å²) < 4.78 is 59.9. The van der Waals surface area contributed by atoms with Gasteiger partial charge in [-0.1, -0.05) is 0 Å². The molecule has 3 N–H and O–H groups in total. The Labute approximate surface area is 118 Å². The van der Waals surface area contributed by atoms with Crippen LogP contribution in [0.3, 0.4) is 0 Å². The van der Waals surface area contributed by atoms with Gasteiger partial charge in [-0.05, 0) is 0 Å². The maximum absolute atomic E-state index is 11.1. The molecule has 0 bridgehead atoms. The molecule has 0 heterocycles. The normalized spacial score (nSPS) is 12.3. The van der Waals surface area contributed by atoms with Gasteiger partial charge < -0.3 is 0 Å². The van der Waals surface area contributed by atoms with Crippen LogP contribution >= 0.6 is 0 Å². The Morgan fingerprint density at radius 3 is 1.55 bits per heavy atom. The van der Waals surface area contributed by atoms with Crippen LogP contribution in [0.25, 0.3) is 11.1 Å². The second-order valence-electron chi connectivity index (χ2n) is 4.09. The van der Waals surface area contributed by atoms with Crippen LogP contribution in [0, 0.1) is 0 Å². The van der Waals surface area contributed by atoms with Crippen LogP contribution in [0.4, 0.5) is 0 Å². The maximum atomic E-state index is 11.1. The second-order valence-corrected chi connectivity index (χ2v) is 8.88. The van der Waals surface area contributed by atoms with Crippen LogP contribution in [0.1, 0.15) is 0 Å². The molecule has 0 amide bonds. The SMILES string of the molecule is O=S(=O)(O)c1ccc(-c2ccc([As](=O)(O)O)cc2)cc1. The number of rotatable bonds is 3. The third kappa shape index (κ3) is 3.39. The molecule has 6 nitrogen and oxygen atoms in total. The predicted molar refractivity (Wildman–Crippen MR) is 72.2 cm³/mol. The molecule has 20 heavy (non-hydrogen) atoms. The zero-order chi connectivity index (χ0) is 15.0. The molecule has 0 aliphatic heterocycles. The van der Waals surface area contributed by atoms with Gasteiger partial charge >= 0.3 is 118 Å². The van der Waals surface area contributed by atoms with Crippen molar-refractivity contribution in [3.05, 3.63) is 48.5 Å². The molecule has 0 aromatic heterocycles. The summed E-state index contributed by atoms with van der Waals surface area (Å²) in [5.74, 6) is 0. The third-order valence-electron chi connectivity index (χ3n) is 2.69. The van der Waals surface area contributed by atoms with Crippen LogP contribution in [0.5, 0.6) is 0 Å². The number of hydrogen-bond acceptors (Lipinski definition) is 3. The van der Waals surface area contributed by atoms with E-state index in [1.54, 1.807) is 0 Å². The Kier molecular flexibility index (Phi) is 3.90. The first kappa shape index (κ1) is 15.0. The van der Waals surface area contributed by atoms with Crippen LogP contribution in [-0.2, 0) is 13.9 Å². The Hall–Kier alpha value is -1.37. The molecule has 2 rings (SSSR count). The van der Waals surface area contributed by atoms with E-state index in [0.717, 1.165) is 0 Å². The molecule has 8 heteroatoms. The minimum absolute atomic E-state index is 0.0265. The topological polar surface area (TPSA) is 112 Å². The van der Waals surface area contributed by atoms with Gasteiger partial charge in [0.25, 0.3) is 0 Å². The molecule has 0 fully saturated rings. The van der Waals surface area contributed by atoms with E-state index in [9.17, 15) is 12.2 Å². The van der Waals surface area contributed by atoms with Crippen LogP contribution in [0.2, 0.25) is 0 Å². The van der Waals surface area contributed by atoms with Crippen LogP contribution in [-0.4, -0.2) is 35.3 Å². The quantitative estimate of drug-likeness (QED) is 0.532. The zero-order valence-corrected chi connectivity index (χ0v) is 12.7. The molecule has 0 spiro atoms. The van der Waals surface area contributed by atoms with E-state index < -0.39 is 24.3 Å². The van der Waals surface area contributed by atoms with Crippen molar-refractivity contribution in [1.29, 1.82) is 0 Å². The summed E-state index contributed by atoms with van der Waals surface area (Å²) in [6, 6.07) is 11.3. The van der Waals surface area contributed by atoms with Crippen LogP contribution in [0.15, 0.2) is 53.4 Å². The monoisotopic (exact) mass is 358 g/mol. The van der Waals surface area contributed by atoms with Gasteiger partial charge in [-0.3, -0.25) is 0 Å². The Balaban J connectivity index is 2.36. The number of benzene rings is 2. The zero-order valence-electron chi connectivity index (χ0n) is 10.0. The van der Waals surface area contributed by atoms with E-state index in [-0.39, 0.29) is 9.25 Å². The van der Waals surface area contributed by atoms with Crippen molar-refractivity contribution >= 4 is 28.6 Å². The van der Waals surface area contributed by atoms with Crippen molar-refractivity contribution in [1.82, 2.24) is 0 Å². The molecule has 0 saturated carbocycles. The van der Waals surface area contributed by atoms with Gasteiger partial charge in [0.2, 0.25) is 0 Å². The van der Waals surface area contributed by atoms with E-state index in [2.05, 4.69) is 0 Å². The van der Waals surface area contributed by atoms with Gasteiger partial charge in [0.05, 0.1) is 0 Å². The van der Waals surface area contributed by atoms with E-state index in [1.807, 2.05) is 0 Å². The minimum atomic E-state index is -4.89. The fourth-order valence-electron chi connectivity index (χ4n) is 1.67. The van der Waals surface area contributed by atoms with Gasteiger partial charge in [-0.15, -0.1) is 0 Å². The molecule has 2 aromatic carbocycles. The van der Waals surface area contributed by atoms with Crippen molar-refractivity contribution in [3.8, 4) is 11.1 Å². The van der Waals surface area contributed by atoms with E-state index in [0.29, 0.717) is 11.1 Å². The summed E-state index contributed by atoms with van der Waals surface area (Å²) in [5, 5.41) is 0. The van der Waals surface area contributed by atoms with Gasteiger partial charge in [0.1, 0.15) is 0 Å². The molecule has 2 aromatic rings. The number of hydrogen-bond donors (Lipinski definition) is 3. The van der Waals surface area contributed by atoms with E-state index in [1.165, 1.54) is 48.5 Å².